The van der Waals surface area contributed by atoms with Gasteiger partial charge >= 0.3 is 0 Å². The number of aromatic nitrogens is 3. The number of rotatable bonds is 7. The number of ether oxygens (including phenoxy) is 1. The van der Waals surface area contributed by atoms with Crippen molar-refractivity contribution in [1.82, 2.24) is 20.1 Å². The molecule has 4 rings (SSSR count). The van der Waals surface area contributed by atoms with Crippen molar-refractivity contribution in [2.24, 2.45) is 13.0 Å². The van der Waals surface area contributed by atoms with Crippen molar-refractivity contribution in [3.8, 4) is 5.75 Å². The largest absolute Gasteiger partial charge is 0.487 e. The van der Waals surface area contributed by atoms with Crippen LogP contribution in [0.3, 0.4) is 0 Å². The van der Waals surface area contributed by atoms with E-state index in [1.807, 2.05) is 18.2 Å². The second-order valence-corrected chi connectivity index (χ2v) is 7.17. The predicted octanol–water partition coefficient (Wildman–Crippen LogP) is 2.29. The maximum Gasteiger partial charge on any atom is 0.270 e. The molecular weight excluding hydrogens is 382 g/mol. The van der Waals surface area contributed by atoms with Gasteiger partial charge < -0.3 is 15.2 Å². The molecule has 2 atom stereocenters. The number of aliphatic hydroxyl groups excluding tert-OH is 1. The van der Waals surface area contributed by atoms with Gasteiger partial charge in [-0.1, -0.05) is 6.07 Å². The van der Waals surface area contributed by atoms with Gasteiger partial charge in [0.15, 0.2) is 0 Å². The first-order valence-corrected chi connectivity index (χ1v) is 9.14. The van der Waals surface area contributed by atoms with E-state index in [9.17, 15) is 18.7 Å². The fourth-order valence-electron chi connectivity index (χ4n) is 3.49. The molecule has 3 aromatic rings. The number of hydrogen-bond acceptors (Lipinski definition) is 5. The molecule has 152 valence electrons. The monoisotopic (exact) mass is 402 g/mol. The SMILES string of the molecule is Cn1nc2ccc(OCc3ccccn3)cc2c1C(=O)N[C@]1(CO)C[C@H]1C(F)F. The standard InChI is InChI=1S/C20H20F2N4O3/c1-26-17(19(28)24-20(11-27)9-15(20)18(21)22)14-8-13(5-6-16(14)25-26)29-10-12-4-2-3-7-23-12/h2-8,15,18,27H,9-11H2,1H3,(H,24,28)/t15-,20-/m0/s1. The van der Waals surface area contributed by atoms with Crippen LogP contribution in [0, 0.1) is 5.92 Å². The lowest BCUT2D eigenvalue weighted by molar-refractivity contribution is 0.0789. The number of fused-ring (bicyclic) bond motifs is 1. The van der Waals surface area contributed by atoms with Crippen molar-refractivity contribution in [3.05, 3.63) is 54.0 Å². The van der Waals surface area contributed by atoms with Gasteiger partial charge in [-0.2, -0.15) is 5.10 Å². The normalized spacial score (nSPS) is 20.8. The lowest BCUT2D eigenvalue weighted by atomic mass is 10.1. The van der Waals surface area contributed by atoms with Gasteiger partial charge in [-0.05, 0) is 36.8 Å². The quantitative estimate of drug-likeness (QED) is 0.633. The predicted molar refractivity (Wildman–Crippen MR) is 101 cm³/mol. The van der Waals surface area contributed by atoms with Crippen LogP contribution in [0.15, 0.2) is 42.6 Å². The van der Waals surface area contributed by atoms with Gasteiger partial charge in [0, 0.05) is 24.5 Å². The number of nitrogens with zero attached hydrogens (tertiary/aromatic N) is 3. The zero-order valence-electron chi connectivity index (χ0n) is 15.7. The Morgan fingerprint density at radius 1 is 1.41 bits per heavy atom. The third-order valence-electron chi connectivity index (χ3n) is 5.22. The lowest BCUT2D eigenvalue weighted by Crippen LogP contribution is -2.43. The number of carbonyl (C=O) groups is 1. The van der Waals surface area contributed by atoms with E-state index >= 15 is 0 Å². The van der Waals surface area contributed by atoms with E-state index in [4.69, 9.17) is 4.74 Å². The fraction of sp³-hybridized carbons (Fsp3) is 0.350. The highest BCUT2D eigenvalue weighted by molar-refractivity contribution is 6.05. The summed E-state index contributed by atoms with van der Waals surface area (Å²) < 4.78 is 33.2. The van der Waals surface area contributed by atoms with Gasteiger partial charge in [-0.3, -0.25) is 14.5 Å². The van der Waals surface area contributed by atoms with Crippen molar-refractivity contribution in [2.45, 2.75) is 25.0 Å². The van der Waals surface area contributed by atoms with Crippen LogP contribution in [0.4, 0.5) is 8.78 Å². The number of benzene rings is 1. The number of nitrogens with one attached hydrogen (secondary N) is 1. The highest BCUT2D eigenvalue weighted by atomic mass is 19.3. The molecule has 0 unspecified atom stereocenters. The summed E-state index contributed by atoms with van der Waals surface area (Å²) in [6, 6.07) is 10.7. The number of hydrogen-bond donors (Lipinski definition) is 2. The van der Waals surface area contributed by atoms with Gasteiger partial charge in [-0.15, -0.1) is 0 Å². The first kappa shape index (κ1) is 19.3. The summed E-state index contributed by atoms with van der Waals surface area (Å²) in [5.41, 5.74) is 0.265. The zero-order valence-corrected chi connectivity index (χ0v) is 15.7. The van der Waals surface area contributed by atoms with Crippen LogP contribution < -0.4 is 10.1 Å². The molecule has 0 bridgehead atoms. The lowest BCUT2D eigenvalue weighted by Gasteiger charge is -2.17. The molecule has 1 amide bonds. The summed E-state index contributed by atoms with van der Waals surface area (Å²) in [6.45, 7) is -0.278. The minimum absolute atomic E-state index is 0.0428. The van der Waals surface area contributed by atoms with E-state index < -0.39 is 30.4 Å². The summed E-state index contributed by atoms with van der Waals surface area (Å²) in [5.74, 6) is -1.08. The Hall–Kier alpha value is -3.07. The Morgan fingerprint density at radius 2 is 2.24 bits per heavy atom. The molecule has 1 aliphatic carbocycles. The van der Waals surface area contributed by atoms with Crippen LogP contribution in [-0.2, 0) is 13.7 Å². The molecule has 2 N–H and O–H groups in total. The number of amides is 1. The minimum Gasteiger partial charge on any atom is -0.487 e. The number of halogens is 2. The van der Waals surface area contributed by atoms with Crippen LogP contribution in [0.25, 0.3) is 10.9 Å². The third kappa shape index (κ3) is 3.65. The summed E-state index contributed by atoms with van der Waals surface area (Å²) in [7, 11) is 1.60. The molecule has 1 saturated carbocycles. The van der Waals surface area contributed by atoms with Crippen molar-refractivity contribution in [1.29, 1.82) is 0 Å². The van der Waals surface area contributed by atoms with E-state index in [0.29, 0.717) is 16.7 Å². The maximum absolute atomic E-state index is 13.0. The smallest absolute Gasteiger partial charge is 0.270 e. The number of pyridine rings is 1. The van der Waals surface area contributed by atoms with E-state index in [0.717, 1.165) is 5.69 Å². The molecule has 0 aliphatic heterocycles. The maximum atomic E-state index is 13.0. The Morgan fingerprint density at radius 3 is 2.90 bits per heavy atom. The number of aryl methyl sites for hydroxylation is 1. The van der Waals surface area contributed by atoms with Crippen LogP contribution in [-0.4, -0.2) is 44.3 Å². The van der Waals surface area contributed by atoms with Crippen molar-refractivity contribution >= 4 is 16.8 Å². The van der Waals surface area contributed by atoms with E-state index in [-0.39, 0.29) is 18.7 Å². The third-order valence-corrected chi connectivity index (χ3v) is 5.22. The van der Waals surface area contributed by atoms with Gasteiger partial charge in [-0.25, -0.2) is 8.78 Å². The van der Waals surface area contributed by atoms with E-state index in [2.05, 4.69) is 15.4 Å². The topological polar surface area (TPSA) is 89.3 Å². The molecule has 1 fully saturated rings. The molecule has 9 heteroatoms. The van der Waals surface area contributed by atoms with E-state index in [1.165, 1.54) is 4.68 Å². The Balaban J connectivity index is 1.57. The van der Waals surface area contributed by atoms with Crippen LogP contribution in [0.5, 0.6) is 5.75 Å². The average Bonchev–Trinajstić information content (AvgIpc) is 3.34. The van der Waals surface area contributed by atoms with Gasteiger partial charge in [0.2, 0.25) is 6.43 Å². The second-order valence-electron chi connectivity index (χ2n) is 7.17. The summed E-state index contributed by atoms with van der Waals surface area (Å²) in [4.78, 5) is 17.0. The van der Waals surface area contributed by atoms with Crippen molar-refractivity contribution < 1.29 is 23.4 Å². The highest BCUT2D eigenvalue weighted by Crippen LogP contribution is 2.47. The van der Waals surface area contributed by atoms with Gasteiger partial charge in [0.05, 0.1) is 23.4 Å². The van der Waals surface area contributed by atoms with Crippen molar-refractivity contribution in [3.63, 3.8) is 0 Å². The molecule has 7 nitrogen and oxygen atoms in total. The van der Waals surface area contributed by atoms with Gasteiger partial charge in [0.25, 0.3) is 5.91 Å². The first-order chi connectivity index (χ1) is 13.9. The molecule has 1 aliphatic rings. The molecule has 0 radical (unpaired) electrons. The highest BCUT2D eigenvalue weighted by Gasteiger charge is 2.59. The van der Waals surface area contributed by atoms with E-state index in [1.54, 1.807) is 31.4 Å². The molecule has 0 spiro atoms. The van der Waals surface area contributed by atoms with Crippen LogP contribution in [0.1, 0.15) is 22.6 Å². The zero-order chi connectivity index (χ0) is 20.6. The molecule has 2 heterocycles. The number of alkyl halides is 2. The van der Waals surface area contributed by atoms with Crippen LogP contribution >= 0.6 is 0 Å². The molecular formula is C20H20F2N4O3. The second kappa shape index (κ2) is 7.40. The van der Waals surface area contributed by atoms with Gasteiger partial charge in [0.1, 0.15) is 18.1 Å². The molecule has 2 aromatic heterocycles. The van der Waals surface area contributed by atoms with Crippen LogP contribution in [0.2, 0.25) is 0 Å². The molecule has 29 heavy (non-hydrogen) atoms. The average molecular weight is 402 g/mol. The minimum atomic E-state index is -2.60. The fourth-order valence-corrected chi connectivity index (χ4v) is 3.49. The molecule has 1 aromatic carbocycles. The Kier molecular flexibility index (Phi) is 4.91. The van der Waals surface area contributed by atoms with Crippen molar-refractivity contribution in [2.75, 3.05) is 6.61 Å². The summed E-state index contributed by atoms with van der Waals surface area (Å²) in [6.07, 6.45) is -0.883. The number of aliphatic hydroxyl groups is 1. The Labute approximate surface area is 165 Å². The summed E-state index contributed by atoms with van der Waals surface area (Å²) in [5, 5.41) is 16.9. The Bertz CT molecular complexity index is 1040. The summed E-state index contributed by atoms with van der Waals surface area (Å²) >= 11 is 0. The first-order valence-electron chi connectivity index (χ1n) is 9.14. The number of carbonyl (C=O) groups excluding carboxylic acids is 1. The molecule has 0 saturated heterocycles.